The molecule has 7 heteroatoms. The number of aliphatic carboxylic acids is 1. The first-order valence-corrected chi connectivity index (χ1v) is 11.8. The predicted molar refractivity (Wildman–Crippen MR) is 121 cm³/mol. The highest BCUT2D eigenvalue weighted by atomic mass is 16.4. The smallest absolute Gasteiger partial charge is 0.326 e. The second-order valence-electron chi connectivity index (χ2n) is 10.6. The van der Waals surface area contributed by atoms with Crippen LogP contribution in [-0.4, -0.2) is 47.1 Å². The van der Waals surface area contributed by atoms with Crippen molar-refractivity contribution in [2.45, 2.75) is 70.5 Å². The van der Waals surface area contributed by atoms with Crippen LogP contribution in [0.5, 0.6) is 0 Å². The van der Waals surface area contributed by atoms with Crippen molar-refractivity contribution in [3.63, 3.8) is 0 Å². The van der Waals surface area contributed by atoms with E-state index in [0.717, 1.165) is 31.4 Å². The first-order valence-electron chi connectivity index (χ1n) is 11.8. The number of benzene rings is 1. The normalized spacial score (nSPS) is 33.6. The highest BCUT2D eigenvalue weighted by molar-refractivity contribution is 5.88. The van der Waals surface area contributed by atoms with Gasteiger partial charge in [0.25, 0.3) is 0 Å². The van der Waals surface area contributed by atoms with Crippen LogP contribution in [0.3, 0.4) is 0 Å². The van der Waals surface area contributed by atoms with Crippen molar-refractivity contribution in [2.24, 2.45) is 23.2 Å². The maximum absolute atomic E-state index is 13.5. The Hall–Kier alpha value is -2.41. The third kappa shape index (κ3) is 4.03. The fourth-order valence-corrected chi connectivity index (χ4v) is 6.34. The van der Waals surface area contributed by atoms with Crippen molar-refractivity contribution in [3.05, 3.63) is 35.9 Å². The third-order valence-electron chi connectivity index (χ3n) is 8.42. The summed E-state index contributed by atoms with van der Waals surface area (Å²) in [5, 5.41) is 19.0. The number of rotatable bonds is 7. The lowest BCUT2D eigenvalue weighted by molar-refractivity contribution is -0.172. The third-order valence-corrected chi connectivity index (χ3v) is 8.42. The maximum atomic E-state index is 13.5. The number of hydrogen-bond acceptors (Lipinski definition) is 4. The lowest BCUT2D eigenvalue weighted by atomic mass is 9.40. The molecule has 5 rings (SSSR count). The van der Waals surface area contributed by atoms with Gasteiger partial charge in [-0.3, -0.25) is 9.59 Å². The van der Waals surface area contributed by atoms with E-state index in [9.17, 15) is 19.5 Å². The SMILES string of the molecule is CC1(C)[C@@H]2C[C@@H](C(=O)N[C@@H](Cc3ccccc3)C(=O)O)[C@@](C)(NC(=O)[C@@H]3CCCN3)[C@H]1C2. The molecule has 1 aliphatic heterocycles. The summed E-state index contributed by atoms with van der Waals surface area (Å²) in [6.45, 7) is 7.25. The molecule has 0 aromatic heterocycles. The van der Waals surface area contributed by atoms with Gasteiger partial charge in [-0.1, -0.05) is 44.2 Å². The van der Waals surface area contributed by atoms with Gasteiger partial charge in [-0.05, 0) is 62.0 Å². The molecule has 2 bridgehead atoms. The molecule has 1 aromatic rings. The number of nitrogens with one attached hydrogen (secondary N) is 3. The van der Waals surface area contributed by atoms with Crippen molar-refractivity contribution in [2.75, 3.05) is 6.54 Å². The van der Waals surface area contributed by atoms with E-state index in [1.54, 1.807) is 0 Å². The van der Waals surface area contributed by atoms with Crippen molar-refractivity contribution in [1.82, 2.24) is 16.0 Å². The summed E-state index contributed by atoms with van der Waals surface area (Å²) in [5.74, 6) is -1.27. The van der Waals surface area contributed by atoms with Crippen LogP contribution in [0.4, 0.5) is 0 Å². The minimum atomic E-state index is -1.05. The minimum absolute atomic E-state index is 0.0398. The van der Waals surface area contributed by atoms with Gasteiger partial charge < -0.3 is 21.1 Å². The van der Waals surface area contributed by atoms with Crippen LogP contribution in [0.25, 0.3) is 0 Å². The Labute approximate surface area is 189 Å². The van der Waals surface area contributed by atoms with E-state index in [1.165, 1.54) is 0 Å². The lowest BCUT2D eigenvalue weighted by Crippen LogP contribution is -2.73. The highest BCUT2D eigenvalue weighted by Crippen LogP contribution is 2.64. The predicted octanol–water partition coefficient (Wildman–Crippen LogP) is 2.11. The molecule has 2 amide bonds. The standard InChI is InChI=1S/C25H35N3O4/c1-24(2)16-13-17(21(29)27-19(23(31)32)12-15-8-5-4-6-9-15)25(3,20(24)14-16)28-22(30)18-10-7-11-26-18/h4-6,8-9,16-20,26H,7,10-14H2,1-3H3,(H,27,29)(H,28,30)(H,31,32)/t16-,17+,18+,19+,20+,25-/m1/s1. The van der Waals surface area contributed by atoms with Gasteiger partial charge in [0, 0.05) is 6.42 Å². The summed E-state index contributed by atoms with van der Waals surface area (Å²) in [6, 6.07) is 8.08. The second kappa shape index (κ2) is 8.50. The molecule has 7 nitrogen and oxygen atoms in total. The van der Waals surface area contributed by atoms with Crippen LogP contribution in [0, 0.1) is 23.2 Å². The van der Waals surface area contributed by atoms with E-state index in [0.29, 0.717) is 12.3 Å². The Kier molecular flexibility index (Phi) is 6.05. The summed E-state index contributed by atoms with van der Waals surface area (Å²) >= 11 is 0. The average Bonchev–Trinajstić information content (AvgIpc) is 3.28. The van der Waals surface area contributed by atoms with Gasteiger partial charge in [0.05, 0.1) is 17.5 Å². The van der Waals surface area contributed by atoms with Crippen LogP contribution in [0.15, 0.2) is 30.3 Å². The van der Waals surface area contributed by atoms with Crippen LogP contribution in [0.2, 0.25) is 0 Å². The van der Waals surface area contributed by atoms with Gasteiger partial charge in [0.2, 0.25) is 11.8 Å². The first kappa shape index (κ1) is 22.8. The summed E-state index contributed by atoms with van der Waals surface area (Å²) in [5.41, 5.74) is 0.189. The van der Waals surface area contributed by atoms with Crippen LogP contribution < -0.4 is 16.0 Å². The molecule has 0 spiro atoms. The number of fused-ring (bicyclic) bond motifs is 2. The molecule has 1 aromatic carbocycles. The Bertz CT molecular complexity index is 880. The quantitative estimate of drug-likeness (QED) is 0.518. The fraction of sp³-hybridized carbons (Fsp3) is 0.640. The van der Waals surface area contributed by atoms with Gasteiger partial charge >= 0.3 is 5.97 Å². The molecule has 4 N–H and O–H groups in total. The molecular formula is C25H35N3O4. The van der Waals surface area contributed by atoms with E-state index in [1.807, 2.05) is 37.3 Å². The van der Waals surface area contributed by atoms with Crippen LogP contribution in [-0.2, 0) is 20.8 Å². The van der Waals surface area contributed by atoms with Gasteiger partial charge in [-0.15, -0.1) is 0 Å². The average molecular weight is 442 g/mol. The number of carboxylic acids is 1. The maximum Gasteiger partial charge on any atom is 0.326 e. The van der Waals surface area contributed by atoms with E-state index < -0.39 is 23.5 Å². The monoisotopic (exact) mass is 441 g/mol. The lowest BCUT2D eigenvalue weighted by Gasteiger charge is -2.66. The van der Waals surface area contributed by atoms with Crippen molar-refractivity contribution in [1.29, 1.82) is 0 Å². The Morgan fingerprint density at radius 1 is 1.12 bits per heavy atom. The van der Waals surface area contributed by atoms with Crippen LogP contribution in [0.1, 0.15) is 52.0 Å². The Morgan fingerprint density at radius 2 is 1.84 bits per heavy atom. The molecule has 3 saturated carbocycles. The molecule has 1 saturated heterocycles. The van der Waals surface area contributed by atoms with Gasteiger partial charge in [0.1, 0.15) is 6.04 Å². The molecule has 4 fully saturated rings. The van der Waals surface area contributed by atoms with Crippen molar-refractivity contribution >= 4 is 17.8 Å². The fourth-order valence-electron chi connectivity index (χ4n) is 6.34. The highest BCUT2D eigenvalue weighted by Gasteiger charge is 2.65. The Morgan fingerprint density at radius 3 is 2.44 bits per heavy atom. The Balaban J connectivity index is 1.53. The number of amides is 2. The number of carbonyl (C=O) groups is 3. The number of hydrogen-bond donors (Lipinski definition) is 4. The molecule has 1 heterocycles. The molecule has 0 unspecified atom stereocenters. The topological polar surface area (TPSA) is 108 Å². The summed E-state index contributed by atoms with van der Waals surface area (Å²) in [7, 11) is 0. The molecule has 3 aliphatic carbocycles. The van der Waals surface area contributed by atoms with Gasteiger partial charge in [-0.2, -0.15) is 0 Å². The summed E-state index contributed by atoms with van der Waals surface area (Å²) < 4.78 is 0. The van der Waals surface area contributed by atoms with Gasteiger partial charge in [-0.25, -0.2) is 4.79 Å². The van der Waals surface area contributed by atoms with Crippen molar-refractivity contribution < 1.29 is 19.5 Å². The summed E-state index contributed by atoms with van der Waals surface area (Å²) in [6.07, 6.45) is 3.63. The van der Waals surface area contributed by atoms with E-state index in [4.69, 9.17) is 0 Å². The zero-order chi connectivity index (χ0) is 23.1. The number of carboxylic acid groups (broad SMARTS) is 1. The molecular weight excluding hydrogens is 406 g/mol. The minimum Gasteiger partial charge on any atom is -0.480 e. The van der Waals surface area contributed by atoms with E-state index in [2.05, 4.69) is 29.8 Å². The number of carbonyl (C=O) groups excluding carboxylic acids is 2. The molecule has 6 atom stereocenters. The second-order valence-corrected chi connectivity index (χ2v) is 10.6. The van der Waals surface area contributed by atoms with Crippen LogP contribution >= 0.6 is 0 Å². The molecule has 4 aliphatic rings. The molecule has 174 valence electrons. The molecule has 0 radical (unpaired) electrons. The zero-order valence-electron chi connectivity index (χ0n) is 19.2. The van der Waals surface area contributed by atoms with E-state index in [-0.39, 0.29) is 35.6 Å². The largest absolute Gasteiger partial charge is 0.480 e. The first-order chi connectivity index (χ1) is 15.1. The zero-order valence-corrected chi connectivity index (χ0v) is 19.2. The van der Waals surface area contributed by atoms with Crippen molar-refractivity contribution in [3.8, 4) is 0 Å². The molecule has 32 heavy (non-hydrogen) atoms. The van der Waals surface area contributed by atoms with E-state index >= 15 is 0 Å². The summed E-state index contributed by atoms with van der Waals surface area (Å²) in [4.78, 5) is 38.4. The van der Waals surface area contributed by atoms with Gasteiger partial charge in [0.15, 0.2) is 0 Å².